The van der Waals surface area contributed by atoms with E-state index in [2.05, 4.69) is 0 Å². The van der Waals surface area contributed by atoms with E-state index in [9.17, 15) is 4.79 Å². The molecule has 1 aromatic rings. The van der Waals surface area contributed by atoms with Crippen LogP contribution in [-0.2, 0) is 11.2 Å². The van der Waals surface area contributed by atoms with Gasteiger partial charge in [-0.25, -0.2) is 0 Å². The van der Waals surface area contributed by atoms with Gasteiger partial charge in [0.05, 0.1) is 18.4 Å². The summed E-state index contributed by atoms with van der Waals surface area (Å²) in [5, 5.41) is 8.93. The molecule has 0 radical (unpaired) electrons. The number of hydrogen-bond acceptors (Lipinski definition) is 3. The normalized spacial score (nSPS) is 12.6. The monoisotopic (exact) mass is 197 g/mol. The lowest BCUT2D eigenvalue weighted by Gasteiger charge is -2.09. The van der Waals surface area contributed by atoms with Crippen molar-refractivity contribution in [2.45, 2.75) is 19.3 Å². The first kappa shape index (κ1) is 10.8. The molecule has 0 spiro atoms. The quantitative estimate of drug-likeness (QED) is 0.719. The van der Waals surface area contributed by atoms with Gasteiger partial charge in [-0.2, -0.15) is 0 Å². The van der Waals surface area contributed by atoms with Crippen molar-refractivity contribution in [2.24, 2.45) is 11.7 Å². The van der Waals surface area contributed by atoms with Gasteiger partial charge in [0.1, 0.15) is 0 Å². The first-order chi connectivity index (χ1) is 6.74. The molecule has 3 N–H and O–H groups in total. The summed E-state index contributed by atoms with van der Waals surface area (Å²) < 4.78 is 4.88. The van der Waals surface area contributed by atoms with Gasteiger partial charge in [-0.15, -0.1) is 0 Å². The van der Waals surface area contributed by atoms with Gasteiger partial charge in [0.15, 0.2) is 0 Å². The molecule has 1 heterocycles. The Hall–Kier alpha value is -1.29. The first-order valence-corrected chi connectivity index (χ1v) is 4.68. The van der Waals surface area contributed by atoms with Gasteiger partial charge in [0, 0.05) is 0 Å². The highest BCUT2D eigenvalue weighted by Gasteiger charge is 2.17. The van der Waals surface area contributed by atoms with E-state index < -0.39 is 5.97 Å². The van der Waals surface area contributed by atoms with Crippen LogP contribution < -0.4 is 5.73 Å². The first-order valence-electron chi connectivity index (χ1n) is 4.68. The number of carbonyl (C=O) groups is 1. The fraction of sp³-hybridized carbons (Fsp3) is 0.500. The lowest BCUT2D eigenvalue weighted by atomic mass is 9.96. The molecule has 1 aromatic heterocycles. The highest BCUT2D eigenvalue weighted by Crippen LogP contribution is 2.14. The highest BCUT2D eigenvalue weighted by molar-refractivity contribution is 5.70. The molecular formula is C10H15NO3. The fourth-order valence-electron chi connectivity index (χ4n) is 1.37. The number of nitrogens with two attached hydrogens (primary N) is 1. The maximum Gasteiger partial charge on any atom is 0.306 e. The zero-order valence-corrected chi connectivity index (χ0v) is 7.98. The summed E-state index contributed by atoms with van der Waals surface area (Å²) >= 11 is 0. The van der Waals surface area contributed by atoms with E-state index in [-0.39, 0.29) is 5.92 Å². The van der Waals surface area contributed by atoms with E-state index in [0.717, 1.165) is 12.0 Å². The van der Waals surface area contributed by atoms with E-state index >= 15 is 0 Å². The molecular weight excluding hydrogens is 182 g/mol. The van der Waals surface area contributed by atoms with Crippen molar-refractivity contribution >= 4 is 5.97 Å². The van der Waals surface area contributed by atoms with Crippen LogP contribution in [0.4, 0.5) is 0 Å². The van der Waals surface area contributed by atoms with Gasteiger partial charge in [0.2, 0.25) is 0 Å². The Morgan fingerprint density at radius 3 is 2.93 bits per heavy atom. The van der Waals surface area contributed by atoms with Gasteiger partial charge in [0.25, 0.3) is 0 Å². The number of rotatable bonds is 6. The number of furan rings is 1. The molecule has 0 saturated carbocycles. The Balaban J connectivity index is 2.47. The Labute approximate surface area is 82.7 Å². The average Bonchev–Trinajstić information content (AvgIpc) is 2.64. The van der Waals surface area contributed by atoms with Crippen LogP contribution >= 0.6 is 0 Å². The second kappa shape index (κ2) is 5.44. The highest BCUT2D eigenvalue weighted by atomic mass is 16.4. The lowest BCUT2D eigenvalue weighted by Crippen LogP contribution is -2.17. The minimum Gasteiger partial charge on any atom is -0.481 e. The van der Waals surface area contributed by atoms with Crippen LogP contribution in [0.15, 0.2) is 23.0 Å². The van der Waals surface area contributed by atoms with Crippen LogP contribution in [0.3, 0.4) is 0 Å². The average molecular weight is 197 g/mol. The summed E-state index contributed by atoms with van der Waals surface area (Å²) in [6, 6.07) is 1.79. The standard InChI is InChI=1S/C10H15NO3/c11-4-1-2-9(10(12)13)6-8-3-5-14-7-8/h3,5,7,9H,1-2,4,6,11H2,(H,12,13). The minimum absolute atomic E-state index is 0.351. The van der Waals surface area contributed by atoms with Crippen molar-refractivity contribution in [1.29, 1.82) is 0 Å². The van der Waals surface area contributed by atoms with Crippen LogP contribution in [-0.4, -0.2) is 17.6 Å². The molecule has 1 rings (SSSR count). The van der Waals surface area contributed by atoms with E-state index in [1.807, 2.05) is 0 Å². The predicted molar refractivity (Wildman–Crippen MR) is 51.8 cm³/mol. The molecule has 1 atom stereocenters. The van der Waals surface area contributed by atoms with Crippen LogP contribution in [0.25, 0.3) is 0 Å². The molecule has 0 fully saturated rings. The molecule has 0 bridgehead atoms. The number of aliphatic carboxylic acids is 1. The van der Waals surface area contributed by atoms with E-state index in [4.69, 9.17) is 15.3 Å². The molecule has 0 saturated heterocycles. The van der Waals surface area contributed by atoms with Crippen LogP contribution in [0.2, 0.25) is 0 Å². The topological polar surface area (TPSA) is 76.5 Å². The number of hydrogen-bond donors (Lipinski definition) is 2. The predicted octanol–water partition coefficient (Wildman–Crippen LogP) is 1.26. The fourth-order valence-corrected chi connectivity index (χ4v) is 1.37. The minimum atomic E-state index is -0.764. The zero-order valence-electron chi connectivity index (χ0n) is 7.98. The van der Waals surface area contributed by atoms with Crippen LogP contribution in [0.5, 0.6) is 0 Å². The molecule has 78 valence electrons. The van der Waals surface area contributed by atoms with Gasteiger partial charge in [-0.05, 0) is 37.4 Å². The van der Waals surface area contributed by atoms with Crippen molar-refractivity contribution in [3.8, 4) is 0 Å². The molecule has 0 amide bonds. The van der Waals surface area contributed by atoms with Crippen molar-refractivity contribution < 1.29 is 14.3 Å². The third-order valence-corrected chi connectivity index (χ3v) is 2.17. The number of carboxylic acid groups (broad SMARTS) is 1. The Morgan fingerprint density at radius 2 is 2.43 bits per heavy atom. The van der Waals surface area contributed by atoms with Gasteiger partial charge >= 0.3 is 5.97 Å². The summed E-state index contributed by atoms with van der Waals surface area (Å²) in [6.45, 7) is 0.537. The Kier molecular flexibility index (Phi) is 4.19. The summed E-state index contributed by atoms with van der Waals surface area (Å²) in [4.78, 5) is 10.9. The molecule has 0 aliphatic heterocycles. The van der Waals surface area contributed by atoms with Gasteiger partial charge in [-0.1, -0.05) is 0 Å². The smallest absolute Gasteiger partial charge is 0.306 e. The Morgan fingerprint density at radius 1 is 1.64 bits per heavy atom. The molecule has 4 nitrogen and oxygen atoms in total. The molecule has 4 heteroatoms. The van der Waals surface area contributed by atoms with Gasteiger partial charge in [-0.3, -0.25) is 4.79 Å². The third-order valence-electron chi connectivity index (χ3n) is 2.17. The van der Waals surface area contributed by atoms with Crippen molar-refractivity contribution in [1.82, 2.24) is 0 Å². The van der Waals surface area contributed by atoms with Crippen molar-refractivity contribution in [3.63, 3.8) is 0 Å². The number of carboxylic acids is 1. The van der Waals surface area contributed by atoms with E-state index in [1.165, 1.54) is 0 Å². The summed E-state index contributed by atoms with van der Waals surface area (Å²) in [5.41, 5.74) is 6.26. The SMILES string of the molecule is NCCCC(Cc1ccoc1)C(=O)O. The lowest BCUT2D eigenvalue weighted by molar-refractivity contribution is -0.141. The van der Waals surface area contributed by atoms with Crippen molar-refractivity contribution in [2.75, 3.05) is 6.54 Å². The third kappa shape index (κ3) is 3.22. The molecule has 0 aliphatic rings. The summed E-state index contributed by atoms with van der Waals surface area (Å²) in [7, 11) is 0. The molecule has 0 aromatic carbocycles. The maximum atomic E-state index is 10.9. The second-order valence-corrected chi connectivity index (χ2v) is 3.30. The van der Waals surface area contributed by atoms with Crippen molar-refractivity contribution in [3.05, 3.63) is 24.2 Å². The van der Waals surface area contributed by atoms with Gasteiger partial charge < -0.3 is 15.3 Å². The molecule has 1 unspecified atom stereocenters. The van der Waals surface area contributed by atoms with E-state index in [1.54, 1.807) is 18.6 Å². The van der Waals surface area contributed by atoms with Crippen LogP contribution in [0, 0.1) is 5.92 Å². The molecule has 14 heavy (non-hydrogen) atoms. The summed E-state index contributed by atoms with van der Waals surface area (Å²) in [6.07, 6.45) is 5.02. The maximum absolute atomic E-state index is 10.9. The van der Waals surface area contributed by atoms with Crippen LogP contribution in [0.1, 0.15) is 18.4 Å². The Bertz CT molecular complexity index is 269. The largest absolute Gasteiger partial charge is 0.481 e. The molecule has 0 aliphatic carbocycles. The van der Waals surface area contributed by atoms with E-state index in [0.29, 0.717) is 19.4 Å². The second-order valence-electron chi connectivity index (χ2n) is 3.30. The summed E-state index contributed by atoms with van der Waals surface area (Å²) in [5.74, 6) is -1.11. The zero-order chi connectivity index (χ0) is 10.4.